The van der Waals surface area contributed by atoms with Crippen molar-refractivity contribution in [2.75, 3.05) is 37.7 Å². The van der Waals surface area contributed by atoms with Crippen LogP contribution < -0.4 is 5.32 Å². The molecule has 132 valence electrons. The van der Waals surface area contributed by atoms with Crippen molar-refractivity contribution in [2.45, 2.75) is 31.4 Å². The van der Waals surface area contributed by atoms with Gasteiger partial charge in [-0.2, -0.15) is 0 Å². The number of piperazine rings is 1. The number of nitrogens with zero attached hydrogens (tertiary/aromatic N) is 1. The molecule has 0 aromatic heterocycles. The predicted molar refractivity (Wildman–Crippen MR) is 94.6 cm³/mol. The molecule has 3 rings (SSSR count). The van der Waals surface area contributed by atoms with E-state index in [4.69, 9.17) is 4.74 Å². The number of benzene rings is 1. The molecule has 0 bridgehead atoms. The normalized spacial score (nSPS) is 24.8. The topological polar surface area (TPSA) is 41.6 Å². The fourth-order valence-corrected chi connectivity index (χ4v) is 4.30. The molecule has 6 heteroatoms. The first-order valence-corrected chi connectivity index (χ1v) is 9.84. The van der Waals surface area contributed by atoms with Crippen molar-refractivity contribution in [3.8, 4) is 0 Å². The van der Waals surface area contributed by atoms with Crippen molar-refractivity contribution in [2.24, 2.45) is 0 Å². The van der Waals surface area contributed by atoms with Crippen LogP contribution in [0.3, 0.4) is 0 Å². The van der Waals surface area contributed by atoms with Gasteiger partial charge in [-0.15, -0.1) is 11.8 Å². The van der Waals surface area contributed by atoms with E-state index in [1.165, 1.54) is 18.6 Å². The van der Waals surface area contributed by atoms with E-state index in [9.17, 15) is 9.18 Å². The van der Waals surface area contributed by atoms with Gasteiger partial charge in [0.05, 0.1) is 17.9 Å². The Morgan fingerprint density at radius 3 is 3.12 bits per heavy atom. The predicted octanol–water partition coefficient (Wildman–Crippen LogP) is 2.60. The van der Waals surface area contributed by atoms with E-state index in [2.05, 4.69) is 5.32 Å². The molecule has 2 aliphatic heterocycles. The zero-order valence-corrected chi connectivity index (χ0v) is 14.7. The lowest BCUT2D eigenvalue weighted by Crippen LogP contribution is -2.49. The Morgan fingerprint density at radius 2 is 2.33 bits per heavy atom. The summed E-state index contributed by atoms with van der Waals surface area (Å²) in [6.45, 7) is 2.97. The SMILES string of the molecule is O=C(CSCC1CCCCO1)N1CCNCC1c1cccc(F)c1. The molecule has 0 radical (unpaired) electrons. The maximum absolute atomic E-state index is 13.5. The molecule has 2 fully saturated rings. The second-order valence-electron chi connectivity index (χ2n) is 6.37. The number of nitrogens with one attached hydrogen (secondary N) is 1. The highest BCUT2D eigenvalue weighted by Gasteiger charge is 2.28. The summed E-state index contributed by atoms with van der Waals surface area (Å²) in [7, 11) is 0. The van der Waals surface area contributed by atoms with Gasteiger partial charge in [0.15, 0.2) is 0 Å². The largest absolute Gasteiger partial charge is 0.377 e. The smallest absolute Gasteiger partial charge is 0.233 e. The summed E-state index contributed by atoms with van der Waals surface area (Å²) < 4.78 is 19.2. The molecule has 1 amide bonds. The molecule has 2 aliphatic rings. The van der Waals surface area contributed by atoms with Crippen LogP contribution in [0.4, 0.5) is 4.39 Å². The molecular weight excluding hydrogens is 327 g/mol. The van der Waals surface area contributed by atoms with Gasteiger partial charge in [0.1, 0.15) is 5.82 Å². The number of thioether (sulfide) groups is 1. The fraction of sp³-hybridized carbons (Fsp3) is 0.611. The number of carbonyl (C=O) groups is 1. The number of amides is 1. The summed E-state index contributed by atoms with van der Waals surface area (Å²) in [4.78, 5) is 14.5. The third kappa shape index (κ3) is 4.71. The highest BCUT2D eigenvalue weighted by Crippen LogP contribution is 2.24. The minimum absolute atomic E-state index is 0.0894. The molecule has 0 saturated carbocycles. The molecule has 4 nitrogen and oxygen atoms in total. The van der Waals surface area contributed by atoms with Gasteiger partial charge in [-0.1, -0.05) is 12.1 Å². The second-order valence-corrected chi connectivity index (χ2v) is 7.40. The Labute approximate surface area is 147 Å². The maximum Gasteiger partial charge on any atom is 0.233 e. The summed E-state index contributed by atoms with van der Waals surface area (Å²) in [5.74, 6) is 1.22. The molecule has 24 heavy (non-hydrogen) atoms. The average molecular weight is 352 g/mol. The van der Waals surface area contributed by atoms with Crippen LogP contribution in [-0.2, 0) is 9.53 Å². The third-order valence-corrected chi connectivity index (χ3v) is 5.66. The molecule has 2 atom stereocenters. The van der Waals surface area contributed by atoms with E-state index in [0.717, 1.165) is 37.3 Å². The van der Waals surface area contributed by atoms with Crippen LogP contribution in [0.1, 0.15) is 30.9 Å². The second kappa shape index (κ2) is 8.83. The molecule has 2 unspecified atom stereocenters. The first kappa shape index (κ1) is 17.7. The Hall–Kier alpha value is -1.11. The highest BCUT2D eigenvalue weighted by atomic mass is 32.2. The number of carbonyl (C=O) groups excluding carboxylic acids is 1. The molecule has 0 aliphatic carbocycles. The van der Waals surface area contributed by atoms with E-state index in [1.54, 1.807) is 17.8 Å². The van der Waals surface area contributed by atoms with Gasteiger partial charge in [-0.3, -0.25) is 4.79 Å². The third-order valence-electron chi connectivity index (χ3n) is 4.60. The van der Waals surface area contributed by atoms with Crippen molar-refractivity contribution in [3.63, 3.8) is 0 Å². The molecule has 2 saturated heterocycles. The van der Waals surface area contributed by atoms with E-state index >= 15 is 0 Å². The standard InChI is InChI=1S/C18H25FN2O2S/c19-15-5-3-4-14(10-15)17-11-20-7-8-21(17)18(22)13-24-12-16-6-1-2-9-23-16/h3-5,10,16-17,20H,1-2,6-9,11-13H2. The van der Waals surface area contributed by atoms with Crippen LogP contribution in [-0.4, -0.2) is 54.7 Å². The number of ether oxygens (including phenoxy) is 1. The van der Waals surface area contributed by atoms with E-state index in [-0.39, 0.29) is 17.8 Å². The lowest BCUT2D eigenvalue weighted by Gasteiger charge is -2.36. The van der Waals surface area contributed by atoms with Gasteiger partial charge in [-0.25, -0.2) is 4.39 Å². The summed E-state index contributed by atoms with van der Waals surface area (Å²) in [5.41, 5.74) is 0.858. The van der Waals surface area contributed by atoms with E-state index < -0.39 is 0 Å². The minimum Gasteiger partial charge on any atom is -0.377 e. The zero-order valence-electron chi connectivity index (χ0n) is 13.9. The maximum atomic E-state index is 13.5. The van der Waals surface area contributed by atoms with Crippen molar-refractivity contribution >= 4 is 17.7 Å². The van der Waals surface area contributed by atoms with Crippen molar-refractivity contribution in [1.82, 2.24) is 10.2 Å². The van der Waals surface area contributed by atoms with Gasteiger partial charge in [0, 0.05) is 32.0 Å². The van der Waals surface area contributed by atoms with Crippen LogP contribution in [0.2, 0.25) is 0 Å². The van der Waals surface area contributed by atoms with Gasteiger partial charge in [-0.05, 0) is 37.0 Å². The first-order valence-electron chi connectivity index (χ1n) is 8.69. The summed E-state index contributed by atoms with van der Waals surface area (Å²) in [6, 6.07) is 6.47. The van der Waals surface area contributed by atoms with E-state index in [1.807, 2.05) is 11.0 Å². The quantitative estimate of drug-likeness (QED) is 0.884. The summed E-state index contributed by atoms with van der Waals surface area (Å²) in [6.07, 6.45) is 3.76. The molecule has 2 heterocycles. The Balaban J connectivity index is 1.55. The Kier molecular flexibility index (Phi) is 6.51. The molecule has 0 spiro atoms. The Bertz CT molecular complexity index is 552. The number of hydrogen-bond donors (Lipinski definition) is 1. The van der Waals surface area contributed by atoms with Crippen LogP contribution in [0.5, 0.6) is 0 Å². The van der Waals surface area contributed by atoms with Gasteiger partial charge >= 0.3 is 0 Å². The molecule has 1 N–H and O–H groups in total. The fourth-order valence-electron chi connectivity index (χ4n) is 3.31. The summed E-state index contributed by atoms with van der Waals surface area (Å²) in [5, 5.41) is 3.30. The molecular formula is C18H25FN2O2S. The molecule has 1 aromatic carbocycles. The first-order chi connectivity index (χ1) is 11.7. The van der Waals surface area contributed by atoms with Crippen LogP contribution >= 0.6 is 11.8 Å². The lowest BCUT2D eigenvalue weighted by atomic mass is 10.0. The van der Waals surface area contributed by atoms with Crippen molar-refractivity contribution < 1.29 is 13.9 Å². The van der Waals surface area contributed by atoms with Crippen molar-refractivity contribution in [3.05, 3.63) is 35.6 Å². The summed E-state index contributed by atoms with van der Waals surface area (Å²) >= 11 is 1.65. The molecule has 1 aromatic rings. The number of hydrogen-bond acceptors (Lipinski definition) is 4. The Morgan fingerprint density at radius 1 is 1.42 bits per heavy atom. The number of halogens is 1. The zero-order chi connectivity index (χ0) is 16.8. The minimum atomic E-state index is -0.255. The van der Waals surface area contributed by atoms with E-state index in [0.29, 0.717) is 24.9 Å². The van der Waals surface area contributed by atoms with Crippen LogP contribution in [0.15, 0.2) is 24.3 Å². The van der Waals surface area contributed by atoms with Crippen LogP contribution in [0, 0.1) is 5.82 Å². The lowest BCUT2D eigenvalue weighted by molar-refractivity contribution is -0.131. The highest BCUT2D eigenvalue weighted by molar-refractivity contribution is 7.99. The monoisotopic (exact) mass is 352 g/mol. The van der Waals surface area contributed by atoms with Crippen molar-refractivity contribution in [1.29, 1.82) is 0 Å². The van der Waals surface area contributed by atoms with Crippen LogP contribution in [0.25, 0.3) is 0 Å². The number of rotatable bonds is 5. The van der Waals surface area contributed by atoms with Gasteiger partial charge in [0.25, 0.3) is 0 Å². The van der Waals surface area contributed by atoms with Gasteiger partial charge in [0.2, 0.25) is 5.91 Å². The average Bonchev–Trinajstić information content (AvgIpc) is 2.62. The van der Waals surface area contributed by atoms with Gasteiger partial charge < -0.3 is 15.0 Å².